The molecule has 0 aromatic heterocycles. The smallest absolute Gasteiger partial charge is 0.267 e. The van der Waals surface area contributed by atoms with Crippen molar-refractivity contribution in [2.24, 2.45) is 0 Å². The Kier molecular flexibility index (Phi) is 5.30. The number of benzene rings is 2. The molecule has 23 heavy (non-hydrogen) atoms. The van der Waals surface area contributed by atoms with E-state index in [9.17, 15) is 19.7 Å². The van der Waals surface area contributed by atoms with Crippen LogP contribution >= 0.6 is 27.5 Å². The van der Waals surface area contributed by atoms with E-state index in [1.54, 1.807) is 12.1 Å². The summed E-state index contributed by atoms with van der Waals surface area (Å²) >= 11 is 8.89. The highest BCUT2D eigenvalue weighted by Crippen LogP contribution is 2.25. The summed E-state index contributed by atoms with van der Waals surface area (Å²) in [6.07, 6.45) is 0. The maximum Gasteiger partial charge on any atom is 0.284 e. The number of nitro benzene ring substituents is 1. The zero-order valence-corrected chi connectivity index (χ0v) is 13.7. The summed E-state index contributed by atoms with van der Waals surface area (Å²) in [6, 6.07) is 10.2. The molecule has 2 aromatic rings. The van der Waals surface area contributed by atoms with Gasteiger partial charge in [0.25, 0.3) is 17.5 Å². The summed E-state index contributed by atoms with van der Waals surface area (Å²) in [5, 5.41) is 11.1. The van der Waals surface area contributed by atoms with Crippen molar-refractivity contribution >= 4 is 45.0 Å². The third kappa shape index (κ3) is 4.05. The van der Waals surface area contributed by atoms with Gasteiger partial charge in [-0.1, -0.05) is 23.7 Å². The van der Waals surface area contributed by atoms with Gasteiger partial charge >= 0.3 is 0 Å². The molecule has 9 heteroatoms. The lowest BCUT2D eigenvalue weighted by Gasteiger charge is -2.08. The van der Waals surface area contributed by atoms with Crippen LogP contribution in [0.25, 0.3) is 0 Å². The summed E-state index contributed by atoms with van der Waals surface area (Å²) in [6.45, 7) is 0. The molecule has 0 radical (unpaired) electrons. The van der Waals surface area contributed by atoms with Crippen LogP contribution in [-0.2, 0) is 0 Å². The van der Waals surface area contributed by atoms with Gasteiger partial charge in [-0.05, 0) is 40.2 Å². The molecule has 0 bridgehead atoms. The quantitative estimate of drug-likeness (QED) is 0.613. The molecule has 0 spiro atoms. The van der Waals surface area contributed by atoms with Gasteiger partial charge in [0, 0.05) is 11.6 Å². The van der Waals surface area contributed by atoms with Gasteiger partial charge in [-0.3, -0.25) is 30.6 Å². The van der Waals surface area contributed by atoms with Crippen molar-refractivity contribution in [2.45, 2.75) is 0 Å². The number of hydrogen-bond acceptors (Lipinski definition) is 4. The molecule has 2 amide bonds. The third-order valence-corrected chi connectivity index (χ3v) is 3.81. The van der Waals surface area contributed by atoms with Gasteiger partial charge in [0.05, 0.1) is 20.0 Å². The van der Waals surface area contributed by atoms with Crippen LogP contribution in [0.3, 0.4) is 0 Å². The van der Waals surface area contributed by atoms with E-state index in [4.69, 9.17) is 11.6 Å². The molecule has 0 saturated heterocycles. The third-order valence-electron chi connectivity index (χ3n) is 2.81. The molecule has 7 nitrogen and oxygen atoms in total. The van der Waals surface area contributed by atoms with Crippen molar-refractivity contribution in [1.29, 1.82) is 0 Å². The topological polar surface area (TPSA) is 101 Å². The number of halogens is 2. The van der Waals surface area contributed by atoms with Crippen molar-refractivity contribution in [3.05, 3.63) is 73.2 Å². The van der Waals surface area contributed by atoms with Crippen LogP contribution in [0.15, 0.2) is 46.9 Å². The van der Waals surface area contributed by atoms with E-state index in [0.717, 1.165) is 6.07 Å². The minimum atomic E-state index is -0.694. The summed E-state index contributed by atoms with van der Waals surface area (Å²) < 4.78 is 0.249. The molecule has 0 atom stereocenters. The fourth-order valence-corrected chi connectivity index (χ4v) is 2.31. The number of rotatable bonds is 3. The zero-order valence-electron chi connectivity index (χ0n) is 11.4. The Hall–Kier alpha value is -2.45. The normalized spacial score (nSPS) is 10.0. The van der Waals surface area contributed by atoms with E-state index in [2.05, 4.69) is 26.8 Å². The molecular weight excluding hydrogens is 390 g/mol. The Labute approximate surface area is 143 Å². The lowest BCUT2D eigenvalue weighted by atomic mass is 10.2. The van der Waals surface area contributed by atoms with Gasteiger partial charge in [-0.2, -0.15) is 0 Å². The Morgan fingerprint density at radius 2 is 1.74 bits per heavy atom. The number of hydrazine groups is 1. The minimum absolute atomic E-state index is 0.0272. The molecule has 0 heterocycles. The number of nitro groups is 1. The van der Waals surface area contributed by atoms with E-state index >= 15 is 0 Å². The predicted molar refractivity (Wildman–Crippen MR) is 87.2 cm³/mol. The van der Waals surface area contributed by atoms with Crippen LogP contribution < -0.4 is 10.9 Å². The Balaban J connectivity index is 2.08. The van der Waals surface area contributed by atoms with E-state index in [-0.39, 0.29) is 26.3 Å². The number of nitrogens with one attached hydrogen (secondary N) is 2. The maximum atomic E-state index is 12.0. The van der Waals surface area contributed by atoms with Gasteiger partial charge in [-0.15, -0.1) is 0 Å². The average molecular weight is 399 g/mol. The van der Waals surface area contributed by atoms with E-state index in [1.165, 1.54) is 24.3 Å². The highest BCUT2D eigenvalue weighted by Gasteiger charge is 2.17. The van der Waals surface area contributed by atoms with Crippen LogP contribution in [0.5, 0.6) is 0 Å². The number of carbonyl (C=O) groups is 2. The van der Waals surface area contributed by atoms with Gasteiger partial charge in [-0.25, -0.2) is 0 Å². The highest BCUT2D eigenvalue weighted by atomic mass is 79.9. The molecule has 2 N–H and O–H groups in total. The molecule has 2 rings (SSSR count). The van der Waals surface area contributed by atoms with Crippen molar-refractivity contribution in [1.82, 2.24) is 10.9 Å². The Morgan fingerprint density at radius 3 is 2.39 bits per heavy atom. The second-order valence-corrected chi connectivity index (χ2v) is 5.57. The minimum Gasteiger partial charge on any atom is -0.267 e. The number of carbonyl (C=O) groups excluding carboxylic acids is 2. The monoisotopic (exact) mass is 397 g/mol. The van der Waals surface area contributed by atoms with Crippen molar-refractivity contribution in [3.8, 4) is 0 Å². The van der Waals surface area contributed by atoms with Gasteiger partial charge in [0.15, 0.2) is 0 Å². The van der Waals surface area contributed by atoms with Crippen molar-refractivity contribution in [3.63, 3.8) is 0 Å². The number of hydrogen-bond donors (Lipinski definition) is 2. The fraction of sp³-hybridized carbons (Fsp3) is 0. The Morgan fingerprint density at radius 1 is 1.09 bits per heavy atom. The molecule has 0 unspecified atom stereocenters. The van der Waals surface area contributed by atoms with Crippen LogP contribution in [0.4, 0.5) is 5.69 Å². The van der Waals surface area contributed by atoms with Crippen LogP contribution in [0.2, 0.25) is 5.02 Å². The zero-order chi connectivity index (χ0) is 17.0. The van der Waals surface area contributed by atoms with Crippen LogP contribution in [-0.4, -0.2) is 16.7 Å². The van der Waals surface area contributed by atoms with E-state index < -0.39 is 16.7 Å². The molecule has 118 valence electrons. The molecule has 2 aromatic carbocycles. The van der Waals surface area contributed by atoms with E-state index in [0.29, 0.717) is 0 Å². The van der Waals surface area contributed by atoms with Gasteiger partial charge < -0.3 is 0 Å². The molecule has 0 aliphatic rings. The van der Waals surface area contributed by atoms with Crippen molar-refractivity contribution in [2.75, 3.05) is 0 Å². The maximum absolute atomic E-state index is 12.0. The highest BCUT2D eigenvalue weighted by molar-refractivity contribution is 9.10. The standard InChI is InChI=1S/C14H9BrClN3O4/c15-10-6-5-8(7-12(10)19(22)23)13(20)17-18-14(21)9-3-1-2-4-11(9)16/h1-7H,(H,17,20)(H,18,21). The Bertz CT molecular complexity index is 797. The molecule has 0 aliphatic carbocycles. The average Bonchev–Trinajstić information content (AvgIpc) is 2.52. The lowest BCUT2D eigenvalue weighted by Crippen LogP contribution is -2.41. The first-order valence-corrected chi connectivity index (χ1v) is 7.36. The van der Waals surface area contributed by atoms with E-state index in [1.807, 2.05) is 0 Å². The fourth-order valence-electron chi connectivity index (χ4n) is 1.69. The summed E-state index contributed by atoms with van der Waals surface area (Å²) in [5.74, 6) is -1.29. The van der Waals surface area contributed by atoms with Crippen LogP contribution in [0.1, 0.15) is 20.7 Å². The number of amides is 2. The molecule has 0 saturated carbocycles. The molecule has 0 aliphatic heterocycles. The lowest BCUT2D eigenvalue weighted by molar-refractivity contribution is -0.385. The first-order valence-electron chi connectivity index (χ1n) is 6.19. The molecule has 0 fully saturated rings. The van der Waals surface area contributed by atoms with Gasteiger partial charge in [0.2, 0.25) is 0 Å². The summed E-state index contributed by atoms with van der Waals surface area (Å²) in [7, 11) is 0. The van der Waals surface area contributed by atoms with Crippen molar-refractivity contribution < 1.29 is 14.5 Å². The molecular formula is C14H9BrClN3O4. The SMILES string of the molecule is O=C(NNC(=O)c1ccccc1Cl)c1ccc(Br)c([N+](=O)[O-])c1. The van der Waals surface area contributed by atoms with Crippen LogP contribution in [0, 0.1) is 10.1 Å². The predicted octanol–water partition coefficient (Wildman–Crippen LogP) is 3.09. The second-order valence-electron chi connectivity index (χ2n) is 4.31. The largest absolute Gasteiger partial charge is 0.284 e. The second kappa shape index (κ2) is 7.21. The number of nitrogens with zero attached hydrogens (tertiary/aromatic N) is 1. The summed E-state index contributed by atoms with van der Waals surface area (Å²) in [4.78, 5) is 34.1. The first-order chi connectivity index (χ1) is 10.9. The first kappa shape index (κ1) is 16.9. The summed E-state index contributed by atoms with van der Waals surface area (Å²) in [5.41, 5.74) is 4.34. The van der Waals surface area contributed by atoms with Gasteiger partial charge in [0.1, 0.15) is 0 Å².